The summed E-state index contributed by atoms with van der Waals surface area (Å²) in [5.41, 5.74) is 6.01. The molecule has 0 bridgehead atoms. The summed E-state index contributed by atoms with van der Waals surface area (Å²) < 4.78 is 1.18. The van der Waals surface area contributed by atoms with E-state index in [1.54, 1.807) is 0 Å². The molecule has 4 heteroatoms. The first-order valence-electron chi connectivity index (χ1n) is 6.92. The van der Waals surface area contributed by atoms with Gasteiger partial charge in [0.1, 0.15) is 0 Å². The van der Waals surface area contributed by atoms with Crippen LogP contribution >= 0.6 is 27.3 Å². The van der Waals surface area contributed by atoms with Crippen LogP contribution in [0.3, 0.4) is 0 Å². The number of rotatable bonds is 4. The lowest BCUT2D eigenvalue weighted by Gasteiger charge is -2.29. The van der Waals surface area contributed by atoms with Gasteiger partial charge in [-0.15, -0.1) is 11.3 Å². The average molecular weight is 331 g/mol. The molecule has 1 aromatic heterocycles. The van der Waals surface area contributed by atoms with Gasteiger partial charge >= 0.3 is 0 Å². The van der Waals surface area contributed by atoms with Crippen molar-refractivity contribution in [1.29, 1.82) is 0 Å². The molecule has 0 spiro atoms. The summed E-state index contributed by atoms with van der Waals surface area (Å²) in [5, 5.41) is 2.16. The van der Waals surface area contributed by atoms with Gasteiger partial charge in [-0.05, 0) is 60.3 Å². The van der Waals surface area contributed by atoms with E-state index in [0.29, 0.717) is 6.04 Å². The molecule has 1 fully saturated rings. The Hall–Kier alpha value is 0.1000. The molecule has 2 N–H and O–H groups in total. The maximum absolute atomic E-state index is 6.01. The highest BCUT2D eigenvalue weighted by atomic mass is 79.9. The fraction of sp³-hybridized carbons (Fsp3) is 0.714. The molecule has 2 rings (SSSR count). The molecule has 2 nitrogen and oxygen atoms in total. The first-order chi connectivity index (χ1) is 8.74. The van der Waals surface area contributed by atoms with E-state index in [9.17, 15) is 0 Å². The van der Waals surface area contributed by atoms with Gasteiger partial charge in [0.05, 0.1) is 6.04 Å². The first kappa shape index (κ1) is 14.5. The zero-order chi connectivity index (χ0) is 13.0. The number of thiophene rings is 1. The van der Waals surface area contributed by atoms with Gasteiger partial charge in [0.25, 0.3) is 0 Å². The van der Waals surface area contributed by atoms with Crippen molar-refractivity contribution < 1.29 is 0 Å². The van der Waals surface area contributed by atoms with Crippen molar-refractivity contribution in [2.75, 3.05) is 19.6 Å². The van der Waals surface area contributed by atoms with Crippen LogP contribution in [-0.2, 0) is 0 Å². The smallest absolute Gasteiger partial charge is 0.0564 e. The SMILES string of the molecule is CCC1CCCN(C(CN)c2cc(Br)cs2)CC1. The Bertz CT molecular complexity index is 366. The summed E-state index contributed by atoms with van der Waals surface area (Å²) in [6.45, 7) is 5.45. The Labute approximate surface area is 123 Å². The minimum atomic E-state index is 0.414. The normalized spacial score (nSPS) is 23.8. The fourth-order valence-electron chi connectivity index (χ4n) is 2.86. The third-order valence-electron chi connectivity index (χ3n) is 4.04. The summed E-state index contributed by atoms with van der Waals surface area (Å²) in [6.07, 6.45) is 5.37. The van der Waals surface area contributed by atoms with Gasteiger partial charge in [-0.25, -0.2) is 0 Å². The lowest BCUT2D eigenvalue weighted by molar-refractivity contribution is 0.209. The van der Waals surface area contributed by atoms with E-state index in [1.807, 2.05) is 11.3 Å². The molecule has 0 saturated carbocycles. The fourth-order valence-corrected chi connectivity index (χ4v) is 4.45. The van der Waals surface area contributed by atoms with Gasteiger partial charge in [-0.3, -0.25) is 4.90 Å². The predicted molar refractivity (Wildman–Crippen MR) is 83.0 cm³/mol. The molecule has 2 unspecified atom stereocenters. The summed E-state index contributed by atoms with van der Waals surface area (Å²) in [4.78, 5) is 3.99. The predicted octanol–water partition coefficient (Wildman–Crippen LogP) is 4.02. The molecule has 18 heavy (non-hydrogen) atoms. The molecule has 2 heterocycles. The largest absolute Gasteiger partial charge is 0.329 e. The number of halogens is 1. The van der Waals surface area contributed by atoms with Crippen LogP contribution in [0.2, 0.25) is 0 Å². The number of nitrogens with two attached hydrogens (primary N) is 1. The van der Waals surface area contributed by atoms with E-state index < -0.39 is 0 Å². The Morgan fingerprint density at radius 3 is 2.94 bits per heavy atom. The number of hydrogen-bond donors (Lipinski definition) is 1. The quantitative estimate of drug-likeness (QED) is 0.903. The molecule has 0 amide bonds. The molecular weight excluding hydrogens is 308 g/mol. The number of likely N-dealkylation sites (tertiary alicyclic amines) is 1. The maximum atomic E-state index is 6.01. The van der Waals surface area contributed by atoms with Crippen LogP contribution in [0.5, 0.6) is 0 Å². The van der Waals surface area contributed by atoms with Crippen molar-refractivity contribution in [3.63, 3.8) is 0 Å². The van der Waals surface area contributed by atoms with Gasteiger partial charge in [-0.1, -0.05) is 13.3 Å². The first-order valence-corrected chi connectivity index (χ1v) is 8.60. The van der Waals surface area contributed by atoms with Crippen LogP contribution in [0.25, 0.3) is 0 Å². The van der Waals surface area contributed by atoms with Crippen LogP contribution in [0.15, 0.2) is 15.9 Å². The van der Waals surface area contributed by atoms with Crippen LogP contribution in [-0.4, -0.2) is 24.5 Å². The van der Waals surface area contributed by atoms with Gasteiger partial charge in [0.15, 0.2) is 0 Å². The number of hydrogen-bond acceptors (Lipinski definition) is 3. The molecule has 0 aliphatic carbocycles. The van der Waals surface area contributed by atoms with Crippen molar-refractivity contribution in [2.45, 2.75) is 38.6 Å². The highest BCUT2D eigenvalue weighted by Crippen LogP contribution is 2.31. The molecule has 1 saturated heterocycles. The second kappa shape index (κ2) is 7.04. The van der Waals surface area contributed by atoms with Gasteiger partial charge in [-0.2, -0.15) is 0 Å². The van der Waals surface area contributed by atoms with Crippen LogP contribution < -0.4 is 5.73 Å². The van der Waals surface area contributed by atoms with Crippen LogP contribution in [0.4, 0.5) is 0 Å². The van der Waals surface area contributed by atoms with E-state index in [4.69, 9.17) is 5.73 Å². The summed E-state index contributed by atoms with van der Waals surface area (Å²) in [7, 11) is 0. The average Bonchev–Trinajstić information content (AvgIpc) is 2.66. The van der Waals surface area contributed by atoms with Crippen molar-refractivity contribution in [2.24, 2.45) is 11.7 Å². The van der Waals surface area contributed by atoms with E-state index >= 15 is 0 Å². The van der Waals surface area contributed by atoms with E-state index in [2.05, 4.69) is 39.2 Å². The van der Waals surface area contributed by atoms with E-state index in [0.717, 1.165) is 12.5 Å². The molecule has 1 aliphatic rings. The Kier molecular flexibility index (Phi) is 5.67. The number of nitrogens with zero attached hydrogens (tertiary/aromatic N) is 1. The van der Waals surface area contributed by atoms with Crippen molar-refractivity contribution in [1.82, 2.24) is 4.90 Å². The summed E-state index contributed by atoms with van der Waals surface area (Å²) in [5.74, 6) is 0.920. The monoisotopic (exact) mass is 330 g/mol. The standard InChI is InChI=1S/C14H23BrN2S/c1-2-11-4-3-6-17(7-5-11)13(9-16)14-8-12(15)10-18-14/h8,10-11,13H,2-7,9,16H2,1H3. The second-order valence-electron chi connectivity index (χ2n) is 5.16. The Balaban J connectivity index is 2.03. The third-order valence-corrected chi connectivity index (χ3v) is 5.83. The Morgan fingerprint density at radius 2 is 2.33 bits per heavy atom. The van der Waals surface area contributed by atoms with Crippen LogP contribution in [0, 0.1) is 5.92 Å². The zero-order valence-corrected chi connectivity index (χ0v) is 13.5. The van der Waals surface area contributed by atoms with Crippen LogP contribution in [0.1, 0.15) is 43.5 Å². The highest BCUT2D eigenvalue weighted by Gasteiger charge is 2.23. The molecule has 0 aromatic carbocycles. The van der Waals surface area contributed by atoms with Crippen molar-refractivity contribution in [3.8, 4) is 0 Å². The van der Waals surface area contributed by atoms with Crippen molar-refractivity contribution >= 4 is 27.3 Å². The summed E-state index contributed by atoms with van der Waals surface area (Å²) in [6, 6.07) is 2.64. The molecular formula is C14H23BrN2S. The minimum Gasteiger partial charge on any atom is -0.329 e. The topological polar surface area (TPSA) is 29.3 Å². The molecule has 0 radical (unpaired) electrons. The second-order valence-corrected chi connectivity index (χ2v) is 7.02. The third kappa shape index (κ3) is 3.56. The van der Waals surface area contributed by atoms with E-state index in [1.165, 1.54) is 48.1 Å². The van der Waals surface area contributed by atoms with E-state index in [-0.39, 0.29) is 0 Å². The maximum Gasteiger partial charge on any atom is 0.0564 e. The lowest BCUT2D eigenvalue weighted by atomic mass is 9.98. The molecule has 1 aromatic rings. The molecule has 1 aliphatic heterocycles. The molecule has 102 valence electrons. The molecule has 2 atom stereocenters. The van der Waals surface area contributed by atoms with Gasteiger partial charge < -0.3 is 5.73 Å². The lowest BCUT2D eigenvalue weighted by Crippen LogP contribution is -2.34. The van der Waals surface area contributed by atoms with Crippen molar-refractivity contribution in [3.05, 3.63) is 20.8 Å². The minimum absolute atomic E-state index is 0.414. The zero-order valence-electron chi connectivity index (χ0n) is 11.1. The summed E-state index contributed by atoms with van der Waals surface area (Å²) >= 11 is 5.36. The van der Waals surface area contributed by atoms with Gasteiger partial charge in [0, 0.05) is 21.3 Å². The van der Waals surface area contributed by atoms with Gasteiger partial charge in [0.2, 0.25) is 0 Å². The highest BCUT2D eigenvalue weighted by molar-refractivity contribution is 9.10. The Morgan fingerprint density at radius 1 is 1.50 bits per heavy atom.